The van der Waals surface area contributed by atoms with Gasteiger partial charge in [-0.2, -0.15) is 0 Å². The highest BCUT2D eigenvalue weighted by atomic mass is 19.1. The predicted molar refractivity (Wildman–Crippen MR) is 115 cm³/mol. The molecule has 0 unspecified atom stereocenters. The van der Waals surface area contributed by atoms with Crippen molar-refractivity contribution in [3.05, 3.63) is 59.4 Å². The van der Waals surface area contributed by atoms with Crippen LogP contribution in [-0.4, -0.2) is 53.9 Å². The highest BCUT2D eigenvalue weighted by molar-refractivity contribution is 6.09. The Balaban J connectivity index is 1.33. The van der Waals surface area contributed by atoms with E-state index in [0.717, 1.165) is 23.3 Å². The molecule has 5 rings (SSSR count). The second-order valence-corrected chi connectivity index (χ2v) is 8.60. The molecule has 3 aliphatic heterocycles. The van der Waals surface area contributed by atoms with Crippen LogP contribution in [0.5, 0.6) is 11.5 Å². The van der Waals surface area contributed by atoms with Crippen molar-refractivity contribution in [1.82, 2.24) is 15.1 Å². The Morgan fingerprint density at radius 2 is 1.85 bits per heavy atom. The molecule has 33 heavy (non-hydrogen) atoms. The molecule has 1 N–H and O–H groups in total. The first kappa shape index (κ1) is 21.2. The number of benzene rings is 2. The summed E-state index contributed by atoms with van der Waals surface area (Å²) < 4.78 is 24.6. The molecular formula is C24H24FN3O5. The molecule has 4 amide bonds. The van der Waals surface area contributed by atoms with E-state index >= 15 is 0 Å². The second-order valence-electron chi connectivity index (χ2n) is 8.60. The minimum Gasteiger partial charge on any atom is -0.486 e. The second kappa shape index (κ2) is 8.06. The van der Waals surface area contributed by atoms with Gasteiger partial charge in [-0.1, -0.05) is 18.2 Å². The van der Waals surface area contributed by atoms with Gasteiger partial charge >= 0.3 is 6.03 Å². The molecule has 0 saturated carbocycles. The molecule has 0 aromatic heterocycles. The standard InChI is InChI=1S/C24H24FN3O5/c1-24(16-5-7-17(25)8-6-16)22(30)28(23(31)26-24)14-21(29)27-10-2-3-18(27)15-4-9-19-20(13-15)33-12-11-32-19/h4-9,13,18H,2-3,10-12,14H2,1H3,(H,26,31)/t18-,24-/m1/s1. The number of imide groups is 1. The largest absolute Gasteiger partial charge is 0.486 e. The van der Waals surface area contributed by atoms with Crippen LogP contribution in [0.1, 0.15) is 36.9 Å². The van der Waals surface area contributed by atoms with E-state index in [-0.39, 0.29) is 18.5 Å². The zero-order valence-corrected chi connectivity index (χ0v) is 18.2. The minimum atomic E-state index is -1.36. The normalized spacial score (nSPS) is 24.2. The molecule has 2 aromatic rings. The zero-order valence-electron chi connectivity index (χ0n) is 18.2. The number of urea groups is 1. The molecule has 2 atom stereocenters. The van der Waals surface area contributed by atoms with Crippen molar-refractivity contribution in [3.8, 4) is 11.5 Å². The Morgan fingerprint density at radius 1 is 1.12 bits per heavy atom. The van der Waals surface area contributed by atoms with Gasteiger partial charge in [-0.05, 0) is 55.2 Å². The lowest BCUT2D eigenvalue weighted by Crippen LogP contribution is -2.44. The number of nitrogens with one attached hydrogen (secondary N) is 1. The van der Waals surface area contributed by atoms with Gasteiger partial charge in [0.05, 0.1) is 6.04 Å². The number of fused-ring (bicyclic) bond motifs is 1. The van der Waals surface area contributed by atoms with Gasteiger partial charge in [0.2, 0.25) is 5.91 Å². The van der Waals surface area contributed by atoms with Crippen LogP contribution in [0, 0.1) is 5.82 Å². The number of hydrogen-bond donors (Lipinski definition) is 1. The van der Waals surface area contributed by atoms with Gasteiger partial charge in [0.15, 0.2) is 11.5 Å². The maximum atomic E-state index is 13.3. The maximum absolute atomic E-state index is 13.3. The maximum Gasteiger partial charge on any atom is 0.325 e. The quantitative estimate of drug-likeness (QED) is 0.720. The number of carbonyl (C=O) groups excluding carboxylic acids is 3. The summed E-state index contributed by atoms with van der Waals surface area (Å²) in [5, 5.41) is 2.65. The molecule has 9 heteroatoms. The number of ether oxygens (including phenoxy) is 2. The Kier molecular flexibility index (Phi) is 5.19. The van der Waals surface area contributed by atoms with Crippen molar-refractivity contribution < 1.29 is 28.2 Å². The molecule has 3 heterocycles. The van der Waals surface area contributed by atoms with Crippen molar-refractivity contribution in [2.75, 3.05) is 26.3 Å². The smallest absolute Gasteiger partial charge is 0.325 e. The van der Waals surface area contributed by atoms with Crippen molar-refractivity contribution >= 4 is 17.8 Å². The molecule has 0 radical (unpaired) electrons. The van der Waals surface area contributed by atoms with Gasteiger partial charge in [-0.15, -0.1) is 0 Å². The fourth-order valence-electron chi connectivity index (χ4n) is 4.72. The molecule has 2 fully saturated rings. The number of halogens is 1. The number of nitrogens with zero attached hydrogens (tertiary/aromatic N) is 2. The average molecular weight is 453 g/mol. The van der Waals surface area contributed by atoms with Gasteiger partial charge in [0.1, 0.15) is 31.1 Å². The molecule has 8 nitrogen and oxygen atoms in total. The van der Waals surface area contributed by atoms with Crippen molar-refractivity contribution in [1.29, 1.82) is 0 Å². The monoisotopic (exact) mass is 453 g/mol. The molecular weight excluding hydrogens is 429 g/mol. The number of rotatable bonds is 4. The summed E-state index contributed by atoms with van der Waals surface area (Å²) in [5.74, 6) is 0.0506. The summed E-state index contributed by atoms with van der Waals surface area (Å²) in [6, 6.07) is 10.2. The topological polar surface area (TPSA) is 88.2 Å². The lowest BCUT2D eigenvalue weighted by Gasteiger charge is -2.28. The van der Waals surface area contributed by atoms with Crippen molar-refractivity contribution in [2.24, 2.45) is 0 Å². The van der Waals surface area contributed by atoms with Crippen LogP contribution in [0.2, 0.25) is 0 Å². The summed E-state index contributed by atoms with van der Waals surface area (Å²) in [5.41, 5.74) is 0.0247. The number of carbonyl (C=O) groups is 3. The molecule has 0 aliphatic carbocycles. The van der Waals surface area contributed by atoms with Gasteiger partial charge in [-0.25, -0.2) is 9.18 Å². The van der Waals surface area contributed by atoms with Gasteiger partial charge in [-0.3, -0.25) is 14.5 Å². The van der Waals surface area contributed by atoms with E-state index in [0.29, 0.717) is 36.8 Å². The van der Waals surface area contributed by atoms with E-state index in [1.807, 2.05) is 18.2 Å². The van der Waals surface area contributed by atoms with E-state index in [4.69, 9.17) is 9.47 Å². The van der Waals surface area contributed by atoms with Crippen LogP contribution < -0.4 is 14.8 Å². The average Bonchev–Trinajstić information content (AvgIpc) is 3.39. The van der Waals surface area contributed by atoms with Crippen LogP contribution >= 0.6 is 0 Å². The predicted octanol–water partition coefficient (Wildman–Crippen LogP) is 2.73. The number of likely N-dealkylation sites (tertiary alicyclic amines) is 1. The summed E-state index contributed by atoms with van der Waals surface area (Å²) in [7, 11) is 0. The third-order valence-electron chi connectivity index (χ3n) is 6.51. The highest BCUT2D eigenvalue weighted by Crippen LogP contribution is 2.38. The Bertz CT molecular complexity index is 1120. The highest BCUT2D eigenvalue weighted by Gasteiger charge is 2.50. The fourth-order valence-corrected chi connectivity index (χ4v) is 4.72. The van der Waals surface area contributed by atoms with Crippen LogP contribution in [0.15, 0.2) is 42.5 Å². The third-order valence-corrected chi connectivity index (χ3v) is 6.51. The fraction of sp³-hybridized carbons (Fsp3) is 0.375. The van der Waals surface area contributed by atoms with E-state index in [9.17, 15) is 18.8 Å². The first-order chi connectivity index (χ1) is 15.9. The van der Waals surface area contributed by atoms with E-state index in [1.54, 1.807) is 11.8 Å². The van der Waals surface area contributed by atoms with Gasteiger partial charge in [0, 0.05) is 6.54 Å². The summed E-state index contributed by atoms with van der Waals surface area (Å²) in [6.45, 7) is 2.71. The van der Waals surface area contributed by atoms with Crippen LogP contribution in [-0.2, 0) is 15.1 Å². The minimum absolute atomic E-state index is 0.169. The SMILES string of the molecule is C[C@]1(c2ccc(F)cc2)NC(=O)N(CC(=O)N2CCC[C@@H]2c2ccc3c(c2)OCCO3)C1=O. The molecule has 3 aliphatic rings. The molecule has 2 aromatic carbocycles. The van der Waals surface area contributed by atoms with Gasteiger partial charge < -0.3 is 19.7 Å². The third kappa shape index (κ3) is 3.67. The van der Waals surface area contributed by atoms with E-state index in [2.05, 4.69) is 5.32 Å². The lowest BCUT2D eigenvalue weighted by atomic mass is 9.92. The molecule has 0 bridgehead atoms. The van der Waals surface area contributed by atoms with Crippen LogP contribution in [0.3, 0.4) is 0 Å². The van der Waals surface area contributed by atoms with Gasteiger partial charge in [0.25, 0.3) is 5.91 Å². The Morgan fingerprint density at radius 3 is 2.61 bits per heavy atom. The molecule has 2 saturated heterocycles. The summed E-state index contributed by atoms with van der Waals surface area (Å²) in [6.07, 6.45) is 1.59. The zero-order chi connectivity index (χ0) is 23.2. The van der Waals surface area contributed by atoms with Crippen LogP contribution in [0.4, 0.5) is 9.18 Å². The van der Waals surface area contributed by atoms with Crippen molar-refractivity contribution in [3.63, 3.8) is 0 Å². The number of amides is 4. The van der Waals surface area contributed by atoms with Crippen LogP contribution in [0.25, 0.3) is 0 Å². The van der Waals surface area contributed by atoms with Crippen molar-refractivity contribution in [2.45, 2.75) is 31.3 Å². The Hall–Kier alpha value is -3.62. The summed E-state index contributed by atoms with van der Waals surface area (Å²) in [4.78, 5) is 41.6. The van der Waals surface area contributed by atoms with E-state index < -0.39 is 23.3 Å². The molecule has 0 spiro atoms. The lowest BCUT2D eigenvalue weighted by molar-refractivity contribution is -0.139. The first-order valence-electron chi connectivity index (χ1n) is 11.0. The Labute approximate surface area is 190 Å². The first-order valence-corrected chi connectivity index (χ1v) is 11.0. The number of hydrogen-bond acceptors (Lipinski definition) is 5. The van der Waals surface area contributed by atoms with E-state index in [1.165, 1.54) is 24.3 Å². The summed E-state index contributed by atoms with van der Waals surface area (Å²) >= 11 is 0. The molecule has 172 valence electrons.